The second-order valence-corrected chi connectivity index (χ2v) is 8.60. The van der Waals surface area contributed by atoms with Crippen LogP contribution in [0.3, 0.4) is 0 Å². The molecule has 0 spiro atoms. The molecule has 1 unspecified atom stereocenters. The van der Waals surface area contributed by atoms with E-state index in [9.17, 15) is 9.59 Å². The van der Waals surface area contributed by atoms with Crippen molar-refractivity contribution in [1.82, 2.24) is 19.6 Å². The van der Waals surface area contributed by atoms with Crippen molar-refractivity contribution in [2.24, 2.45) is 5.92 Å². The Hall–Kier alpha value is -1.69. The molecule has 1 aromatic rings. The Morgan fingerprint density at radius 2 is 1.85 bits per heavy atom. The number of carbonyl (C=O) groups is 1. The lowest BCUT2D eigenvalue weighted by Crippen LogP contribution is -2.45. The summed E-state index contributed by atoms with van der Waals surface area (Å²) in [6.07, 6.45) is 8.88. The number of likely N-dealkylation sites (tertiary alicyclic amines) is 2. The first-order valence-electron chi connectivity index (χ1n) is 10.7. The SMILES string of the molecule is CC(=O)N1CCCC1CN1CCC(Cn2nc3c(cc2=O)CCCC3)CC1. The van der Waals surface area contributed by atoms with Gasteiger partial charge in [-0.2, -0.15) is 5.10 Å². The third kappa shape index (κ3) is 4.26. The highest BCUT2D eigenvalue weighted by Crippen LogP contribution is 2.23. The molecule has 27 heavy (non-hydrogen) atoms. The van der Waals surface area contributed by atoms with Gasteiger partial charge >= 0.3 is 0 Å². The number of hydrogen-bond donors (Lipinski definition) is 0. The predicted molar refractivity (Wildman–Crippen MR) is 105 cm³/mol. The summed E-state index contributed by atoms with van der Waals surface area (Å²) in [5.74, 6) is 0.742. The van der Waals surface area contributed by atoms with Gasteiger partial charge in [-0.3, -0.25) is 9.59 Å². The molecule has 6 heteroatoms. The van der Waals surface area contributed by atoms with E-state index in [-0.39, 0.29) is 11.5 Å². The van der Waals surface area contributed by atoms with E-state index in [1.807, 2.05) is 11.0 Å². The van der Waals surface area contributed by atoms with E-state index in [4.69, 9.17) is 0 Å². The molecule has 1 amide bonds. The summed E-state index contributed by atoms with van der Waals surface area (Å²) in [6, 6.07) is 2.22. The van der Waals surface area contributed by atoms with E-state index in [2.05, 4.69) is 10.00 Å². The fourth-order valence-corrected chi connectivity index (χ4v) is 5.07. The van der Waals surface area contributed by atoms with Crippen LogP contribution in [-0.4, -0.2) is 57.7 Å². The smallest absolute Gasteiger partial charge is 0.267 e. The Morgan fingerprint density at radius 1 is 1.07 bits per heavy atom. The number of rotatable bonds is 4. The van der Waals surface area contributed by atoms with Gasteiger partial charge in [-0.05, 0) is 75.9 Å². The highest BCUT2D eigenvalue weighted by molar-refractivity contribution is 5.73. The monoisotopic (exact) mass is 372 g/mol. The van der Waals surface area contributed by atoms with Gasteiger partial charge in [-0.25, -0.2) is 4.68 Å². The summed E-state index contributed by atoms with van der Waals surface area (Å²) < 4.78 is 1.72. The second-order valence-electron chi connectivity index (χ2n) is 8.60. The fourth-order valence-electron chi connectivity index (χ4n) is 5.07. The lowest BCUT2D eigenvalue weighted by atomic mass is 9.95. The van der Waals surface area contributed by atoms with Gasteiger partial charge in [-0.15, -0.1) is 0 Å². The average molecular weight is 373 g/mol. The van der Waals surface area contributed by atoms with Crippen molar-refractivity contribution >= 4 is 5.91 Å². The summed E-state index contributed by atoms with van der Waals surface area (Å²) in [6.45, 7) is 6.49. The van der Waals surface area contributed by atoms with Gasteiger partial charge in [0.05, 0.1) is 5.69 Å². The van der Waals surface area contributed by atoms with E-state index in [1.54, 1.807) is 11.6 Å². The van der Waals surface area contributed by atoms with Crippen LogP contribution in [0.2, 0.25) is 0 Å². The molecule has 1 atom stereocenters. The van der Waals surface area contributed by atoms with E-state index < -0.39 is 0 Å². The molecule has 3 aliphatic rings. The summed E-state index contributed by atoms with van der Waals surface area (Å²) in [5, 5.41) is 4.68. The van der Waals surface area contributed by atoms with Crippen LogP contribution in [-0.2, 0) is 24.2 Å². The average Bonchev–Trinajstić information content (AvgIpc) is 3.12. The van der Waals surface area contributed by atoms with Crippen LogP contribution in [0.1, 0.15) is 56.7 Å². The molecule has 6 nitrogen and oxygen atoms in total. The largest absolute Gasteiger partial charge is 0.339 e. The third-order valence-electron chi connectivity index (χ3n) is 6.66. The number of aromatic nitrogens is 2. The molecule has 2 fully saturated rings. The van der Waals surface area contributed by atoms with Crippen LogP contribution in [0.15, 0.2) is 10.9 Å². The second kappa shape index (κ2) is 8.13. The number of hydrogen-bond acceptors (Lipinski definition) is 4. The maximum atomic E-state index is 12.4. The zero-order chi connectivity index (χ0) is 18.8. The Bertz CT molecular complexity index is 736. The van der Waals surface area contributed by atoms with E-state index in [0.29, 0.717) is 12.0 Å². The molecule has 0 radical (unpaired) electrons. The van der Waals surface area contributed by atoms with Gasteiger partial charge in [0, 0.05) is 38.7 Å². The first-order valence-corrected chi connectivity index (χ1v) is 10.7. The van der Waals surface area contributed by atoms with Gasteiger partial charge < -0.3 is 9.80 Å². The molecular weight excluding hydrogens is 340 g/mol. The van der Waals surface area contributed by atoms with Gasteiger partial charge in [0.1, 0.15) is 0 Å². The normalized spacial score (nSPS) is 24.2. The molecule has 0 aromatic carbocycles. The number of fused-ring (bicyclic) bond motifs is 1. The van der Waals surface area contributed by atoms with Crippen LogP contribution in [0.5, 0.6) is 0 Å². The van der Waals surface area contributed by atoms with Gasteiger partial charge in [0.2, 0.25) is 5.91 Å². The molecule has 0 bridgehead atoms. The van der Waals surface area contributed by atoms with Crippen LogP contribution >= 0.6 is 0 Å². The number of piperidine rings is 1. The molecule has 0 N–H and O–H groups in total. The standard InChI is InChI=1S/C21H32N4O2/c1-16(26)24-10-4-6-19(24)15-23-11-8-17(9-12-23)14-25-21(27)13-18-5-2-3-7-20(18)22-25/h13,17,19H,2-12,14-15H2,1H3. The highest BCUT2D eigenvalue weighted by Gasteiger charge is 2.30. The molecular formula is C21H32N4O2. The van der Waals surface area contributed by atoms with Gasteiger partial charge in [0.25, 0.3) is 5.56 Å². The maximum Gasteiger partial charge on any atom is 0.267 e. The molecule has 0 saturated carbocycles. The zero-order valence-corrected chi connectivity index (χ0v) is 16.5. The predicted octanol–water partition coefficient (Wildman–Crippen LogP) is 1.84. The first kappa shape index (κ1) is 18.7. The minimum atomic E-state index is 0.0705. The Kier molecular flexibility index (Phi) is 5.62. The Morgan fingerprint density at radius 3 is 2.63 bits per heavy atom. The van der Waals surface area contributed by atoms with Crippen LogP contribution in [0, 0.1) is 5.92 Å². The summed E-state index contributed by atoms with van der Waals surface area (Å²) in [4.78, 5) is 28.7. The lowest BCUT2D eigenvalue weighted by molar-refractivity contribution is -0.130. The van der Waals surface area contributed by atoms with Crippen molar-refractivity contribution in [3.63, 3.8) is 0 Å². The number of carbonyl (C=O) groups excluding carboxylic acids is 1. The Labute approximate surface area is 161 Å². The number of nitrogens with zero attached hydrogens (tertiary/aromatic N) is 4. The summed E-state index contributed by atoms with van der Waals surface area (Å²) >= 11 is 0. The van der Waals surface area contributed by atoms with E-state index >= 15 is 0 Å². The molecule has 3 heterocycles. The van der Waals surface area contributed by atoms with Crippen molar-refractivity contribution in [2.45, 2.75) is 70.9 Å². The van der Waals surface area contributed by atoms with Crippen molar-refractivity contribution in [1.29, 1.82) is 0 Å². The molecule has 148 valence electrons. The van der Waals surface area contributed by atoms with E-state index in [1.165, 1.54) is 18.4 Å². The van der Waals surface area contributed by atoms with Crippen LogP contribution < -0.4 is 5.56 Å². The lowest BCUT2D eigenvalue weighted by Gasteiger charge is -2.35. The number of amides is 1. The number of aryl methyl sites for hydroxylation is 2. The molecule has 4 rings (SSSR count). The fraction of sp³-hybridized carbons (Fsp3) is 0.762. The minimum Gasteiger partial charge on any atom is -0.339 e. The molecule has 2 aliphatic heterocycles. The summed E-state index contributed by atoms with van der Waals surface area (Å²) in [7, 11) is 0. The quantitative estimate of drug-likeness (QED) is 0.809. The minimum absolute atomic E-state index is 0.0705. The third-order valence-corrected chi connectivity index (χ3v) is 6.66. The first-order chi connectivity index (χ1) is 13.1. The topological polar surface area (TPSA) is 58.4 Å². The van der Waals surface area contributed by atoms with Gasteiger partial charge in [-0.1, -0.05) is 0 Å². The van der Waals surface area contributed by atoms with Crippen molar-refractivity contribution < 1.29 is 4.79 Å². The van der Waals surface area contributed by atoms with Crippen molar-refractivity contribution in [3.05, 3.63) is 27.7 Å². The molecule has 1 aromatic heterocycles. The van der Waals surface area contributed by atoms with Gasteiger partial charge in [0.15, 0.2) is 0 Å². The van der Waals surface area contributed by atoms with E-state index in [0.717, 1.165) is 76.9 Å². The maximum absolute atomic E-state index is 12.4. The summed E-state index contributed by atoms with van der Waals surface area (Å²) in [5.41, 5.74) is 2.38. The zero-order valence-electron chi connectivity index (χ0n) is 16.5. The molecule has 2 saturated heterocycles. The molecule has 1 aliphatic carbocycles. The van der Waals surface area contributed by atoms with Crippen molar-refractivity contribution in [2.75, 3.05) is 26.2 Å². The Balaban J connectivity index is 1.31. The van der Waals surface area contributed by atoms with Crippen molar-refractivity contribution in [3.8, 4) is 0 Å². The van der Waals surface area contributed by atoms with Crippen LogP contribution in [0.25, 0.3) is 0 Å². The highest BCUT2D eigenvalue weighted by atomic mass is 16.2. The van der Waals surface area contributed by atoms with Crippen LogP contribution in [0.4, 0.5) is 0 Å².